The number of nitrogens with one attached hydrogen (secondary N) is 2. The van der Waals surface area contributed by atoms with E-state index < -0.39 is 10.0 Å². The van der Waals surface area contributed by atoms with E-state index in [1.54, 1.807) is 36.4 Å². The van der Waals surface area contributed by atoms with Crippen molar-refractivity contribution >= 4 is 33.0 Å². The fourth-order valence-electron chi connectivity index (χ4n) is 3.74. The molecule has 0 spiro atoms. The number of aromatic nitrogens is 2. The second-order valence-electron chi connectivity index (χ2n) is 9.59. The lowest BCUT2D eigenvalue weighted by Crippen LogP contribution is -2.21. The molecule has 0 radical (unpaired) electrons. The number of carbonyl (C=O) groups is 1. The Kier molecular flexibility index (Phi) is 6.20. The minimum atomic E-state index is -3.92. The summed E-state index contributed by atoms with van der Waals surface area (Å²) < 4.78 is 34.7. The molecule has 0 saturated heterocycles. The van der Waals surface area contributed by atoms with Crippen LogP contribution in [0.5, 0.6) is 0 Å². The van der Waals surface area contributed by atoms with Gasteiger partial charge in [-0.05, 0) is 67.4 Å². The van der Waals surface area contributed by atoms with E-state index in [9.17, 15) is 13.2 Å². The number of carbonyl (C=O) groups excluding carboxylic acids is 1. The van der Waals surface area contributed by atoms with Gasteiger partial charge in [-0.3, -0.25) is 9.52 Å². The predicted octanol–water partition coefficient (Wildman–Crippen LogP) is 5.01. The normalized spacial score (nSPS) is 14.1. The maximum Gasteiger partial charge on any atom is 0.261 e. The maximum atomic E-state index is 13.1. The molecule has 0 atom stereocenters. The molecule has 10 heteroatoms. The number of nitrogens with zero attached hydrogens (tertiary/aromatic N) is 3. The molecule has 190 valence electrons. The molecule has 1 fully saturated rings. The third-order valence-electron chi connectivity index (χ3n) is 6.35. The van der Waals surface area contributed by atoms with E-state index in [-0.39, 0.29) is 22.1 Å². The molecule has 0 unspecified atom stereocenters. The quantitative estimate of drug-likeness (QED) is 0.337. The first kappa shape index (κ1) is 24.5. The lowest BCUT2D eigenvalue weighted by atomic mass is 10.1. The van der Waals surface area contributed by atoms with Gasteiger partial charge in [-0.15, -0.1) is 10.2 Å². The highest BCUT2D eigenvalue weighted by atomic mass is 32.2. The highest BCUT2D eigenvalue weighted by Crippen LogP contribution is 2.45. The van der Waals surface area contributed by atoms with Crippen LogP contribution in [0.3, 0.4) is 0 Å². The van der Waals surface area contributed by atoms with Gasteiger partial charge in [-0.2, -0.15) is 0 Å². The zero-order valence-corrected chi connectivity index (χ0v) is 21.5. The standard InChI is InChI=1S/C27H27N5O4S/c1-27(13-14-27)26(33)28-20-9-6-10-21(17-20)31-37(34,35)23-12-5-8-19(16-23)25-30-29-24(36-25)18-7-4-11-22(15-18)32(2)3/h4-12,15-17,31H,13-14H2,1-3H3,(H,28,33). The van der Waals surface area contributed by atoms with Gasteiger partial charge in [-0.1, -0.05) is 25.1 Å². The SMILES string of the molecule is CN(C)c1cccc(-c2nnc(-c3cccc(S(=O)(=O)Nc4cccc(NC(=O)C5(C)CC5)c4)c3)o2)c1. The van der Waals surface area contributed by atoms with Crippen molar-refractivity contribution in [2.75, 3.05) is 29.0 Å². The van der Waals surface area contributed by atoms with Crippen molar-refractivity contribution in [3.05, 3.63) is 72.8 Å². The Balaban J connectivity index is 1.35. The summed E-state index contributed by atoms with van der Waals surface area (Å²) in [5.74, 6) is 0.483. The average Bonchev–Trinajstić information content (AvgIpc) is 3.44. The Morgan fingerprint density at radius 1 is 0.892 bits per heavy atom. The summed E-state index contributed by atoms with van der Waals surface area (Å²) in [5, 5.41) is 11.1. The molecule has 37 heavy (non-hydrogen) atoms. The second kappa shape index (κ2) is 9.36. The van der Waals surface area contributed by atoms with Crippen molar-refractivity contribution in [1.82, 2.24) is 10.2 Å². The minimum absolute atomic E-state index is 0.0410. The molecular weight excluding hydrogens is 490 g/mol. The molecule has 1 amide bonds. The molecule has 1 saturated carbocycles. The lowest BCUT2D eigenvalue weighted by Gasteiger charge is -2.13. The Bertz CT molecular complexity index is 1570. The van der Waals surface area contributed by atoms with Crippen LogP contribution in [0.2, 0.25) is 0 Å². The second-order valence-corrected chi connectivity index (χ2v) is 11.3. The Hall–Kier alpha value is -4.18. The lowest BCUT2D eigenvalue weighted by molar-refractivity contribution is -0.120. The summed E-state index contributed by atoms with van der Waals surface area (Å²) in [6.45, 7) is 1.91. The number of benzene rings is 3. The summed E-state index contributed by atoms with van der Waals surface area (Å²) in [6, 6.07) is 20.6. The molecule has 1 aromatic heterocycles. The first-order valence-corrected chi connectivity index (χ1v) is 13.3. The third-order valence-corrected chi connectivity index (χ3v) is 7.73. The largest absolute Gasteiger partial charge is 0.416 e. The van der Waals surface area contributed by atoms with Crippen molar-refractivity contribution < 1.29 is 17.6 Å². The highest BCUT2D eigenvalue weighted by Gasteiger charge is 2.44. The van der Waals surface area contributed by atoms with Crippen molar-refractivity contribution in [3.63, 3.8) is 0 Å². The van der Waals surface area contributed by atoms with Gasteiger partial charge in [0, 0.05) is 42.0 Å². The zero-order chi connectivity index (χ0) is 26.2. The van der Waals surface area contributed by atoms with Crippen LogP contribution in [-0.4, -0.2) is 38.6 Å². The molecule has 5 rings (SSSR count). The van der Waals surface area contributed by atoms with Crippen LogP contribution < -0.4 is 14.9 Å². The maximum absolute atomic E-state index is 13.1. The van der Waals surface area contributed by atoms with Crippen LogP contribution in [0.15, 0.2) is 82.1 Å². The van der Waals surface area contributed by atoms with E-state index in [1.807, 2.05) is 50.2 Å². The molecule has 1 aliphatic rings. The smallest absolute Gasteiger partial charge is 0.261 e. The van der Waals surface area contributed by atoms with Crippen LogP contribution in [0.25, 0.3) is 22.9 Å². The summed E-state index contributed by atoms with van der Waals surface area (Å²) in [5.41, 5.74) is 2.76. The van der Waals surface area contributed by atoms with E-state index in [0.29, 0.717) is 22.8 Å². The summed E-state index contributed by atoms with van der Waals surface area (Å²) >= 11 is 0. The van der Waals surface area contributed by atoms with Gasteiger partial charge in [0.2, 0.25) is 17.7 Å². The minimum Gasteiger partial charge on any atom is -0.416 e. The molecule has 0 aliphatic heterocycles. The first-order chi connectivity index (χ1) is 17.6. The predicted molar refractivity (Wildman–Crippen MR) is 143 cm³/mol. The van der Waals surface area contributed by atoms with Gasteiger partial charge < -0.3 is 14.6 Å². The van der Waals surface area contributed by atoms with Crippen molar-refractivity contribution in [3.8, 4) is 22.9 Å². The van der Waals surface area contributed by atoms with Gasteiger partial charge in [-0.25, -0.2) is 8.42 Å². The van der Waals surface area contributed by atoms with Crippen molar-refractivity contribution in [2.24, 2.45) is 5.41 Å². The molecule has 2 N–H and O–H groups in total. The Labute approximate surface area is 215 Å². The Morgan fingerprint density at radius 3 is 2.19 bits per heavy atom. The van der Waals surface area contributed by atoms with Crippen LogP contribution >= 0.6 is 0 Å². The molecular formula is C27H27N5O4S. The monoisotopic (exact) mass is 517 g/mol. The summed E-state index contributed by atoms with van der Waals surface area (Å²) in [6.07, 6.45) is 1.71. The average molecular weight is 518 g/mol. The Morgan fingerprint density at radius 2 is 1.51 bits per heavy atom. The van der Waals surface area contributed by atoms with Crippen LogP contribution in [0.1, 0.15) is 19.8 Å². The van der Waals surface area contributed by atoms with Crippen LogP contribution in [0, 0.1) is 5.41 Å². The van der Waals surface area contributed by atoms with E-state index in [0.717, 1.165) is 24.1 Å². The van der Waals surface area contributed by atoms with Gasteiger partial charge in [0.05, 0.1) is 10.6 Å². The fraction of sp³-hybridized carbons (Fsp3) is 0.222. The topological polar surface area (TPSA) is 117 Å². The number of anilines is 3. The molecule has 0 bridgehead atoms. The number of amides is 1. The van der Waals surface area contributed by atoms with Gasteiger partial charge in [0.15, 0.2) is 0 Å². The van der Waals surface area contributed by atoms with Gasteiger partial charge >= 0.3 is 0 Å². The first-order valence-electron chi connectivity index (χ1n) is 11.8. The summed E-state index contributed by atoms with van der Waals surface area (Å²) in [4.78, 5) is 14.4. The van der Waals surface area contributed by atoms with Gasteiger partial charge in [0.1, 0.15) is 0 Å². The molecule has 1 heterocycles. The third kappa shape index (κ3) is 5.34. The number of rotatable bonds is 8. The number of sulfonamides is 1. The molecule has 3 aromatic carbocycles. The highest BCUT2D eigenvalue weighted by molar-refractivity contribution is 7.92. The summed E-state index contributed by atoms with van der Waals surface area (Å²) in [7, 11) is -0.0367. The van der Waals surface area contributed by atoms with E-state index in [1.165, 1.54) is 12.1 Å². The fourth-order valence-corrected chi connectivity index (χ4v) is 4.84. The van der Waals surface area contributed by atoms with Gasteiger partial charge in [0.25, 0.3) is 10.0 Å². The van der Waals surface area contributed by atoms with Crippen molar-refractivity contribution in [2.45, 2.75) is 24.7 Å². The van der Waals surface area contributed by atoms with E-state index in [4.69, 9.17) is 4.42 Å². The zero-order valence-electron chi connectivity index (χ0n) is 20.7. The molecule has 9 nitrogen and oxygen atoms in total. The number of hydrogen-bond acceptors (Lipinski definition) is 7. The van der Waals surface area contributed by atoms with Crippen LogP contribution in [0.4, 0.5) is 17.1 Å². The van der Waals surface area contributed by atoms with Crippen molar-refractivity contribution in [1.29, 1.82) is 0 Å². The molecule has 1 aliphatic carbocycles. The van der Waals surface area contributed by atoms with Crippen LogP contribution in [-0.2, 0) is 14.8 Å². The van der Waals surface area contributed by atoms with E-state index >= 15 is 0 Å². The van der Waals surface area contributed by atoms with E-state index in [2.05, 4.69) is 20.2 Å². The molecule has 4 aromatic rings. The number of hydrogen-bond donors (Lipinski definition) is 2.